The van der Waals surface area contributed by atoms with Crippen LogP contribution in [-0.4, -0.2) is 49.6 Å². The molecule has 1 aliphatic carbocycles. The van der Waals surface area contributed by atoms with Crippen molar-refractivity contribution < 1.29 is 29.7 Å². The van der Waals surface area contributed by atoms with Gasteiger partial charge >= 0.3 is 5.97 Å². The van der Waals surface area contributed by atoms with E-state index in [1.807, 2.05) is 0 Å². The van der Waals surface area contributed by atoms with Crippen LogP contribution in [0, 0.1) is 5.92 Å². The molecule has 0 spiro atoms. The summed E-state index contributed by atoms with van der Waals surface area (Å²) in [6.07, 6.45) is 7.35. The number of unbranched alkanes of at least 4 members (excludes halogenated alkanes) is 4. The number of aliphatic hydroxyl groups is 2. The number of hydrogen-bond acceptors (Lipinski definition) is 6. The van der Waals surface area contributed by atoms with Crippen LogP contribution in [0.1, 0.15) is 77.6 Å². The first kappa shape index (κ1) is 23.1. The third-order valence-electron chi connectivity index (χ3n) is 4.89. The van der Waals surface area contributed by atoms with Crippen LogP contribution in [0.3, 0.4) is 0 Å². The Bertz CT molecular complexity index is 477. The SMILES string of the molecule is CCCCCCCS[C@H]1CCC(=O)[C@@H]1CC(=O)CCCC(O)(O)C(=O)O. The van der Waals surface area contributed by atoms with Crippen LogP contribution in [0.4, 0.5) is 0 Å². The molecule has 0 aromatic heterocycles. The summed E-state index contributed by atoms with van der Waals surface area (Å²) in [6.45, 7) is 2.18. The molecule has 1 aliphatic rings. The number of carboxylic acids is 1. The van der Waals surface area contributed by atoms with E-state index in [1.54, 1.807) is 11.8 Å². The molecule has 0 radical (unpaired) electrons. The quantitative estimate of drug-likeness (QED) is 0.310. The highest BCUT2D eigenvalue weighted by atomic mass is 32.2. The Kier molecular flexibility index (Phi) is 10.4. The Hall–Kier alpha value is -0.920. The molecule has 3 N–H and O–H groups in total. The normalized spacial score (nSPS) is 20.5. The van der Waals surface area contributed by atoms with E-state index in [9.17, 15) is 24.6 Å². The molecule has 6 nitrogen and oxygen atoms in total. The van der Waals surface area contributed by atoms with Crippen LogP contribution < -0.4 is 0 Å². The lowest BCUT2D eigenvalue weighted by Gasteiger charge is -2.18. The van der Waals surface area contributed by atoms with Gasteiger partial charge in [0.2, 0.25) is 0 Å². The summed E-state index contributed by atoms with van der Waals surface area (Å²) in [6, 6.07) is 0. The summed E-state index contributed by atoms with van der Waals surface area (Å²) in [4.78, 5) is 34.8. The van der Waals surface area contributed by atoms with Crippen molar-refractivity contribution in [2.45, 2.75) is 88.6 Å². The van der Waals surface area contributed by atoms with E-state index in [4.69, 9.17) is 5.11 Å². The maximum Gasteiger partial charge on any atom is 0.364 e. The molecule has 0 bridgehead atoms. The number of carbonyl (C=O) groups excluding carboxylic acids is 2. The second-order valence-electron chi connectivity index (χ2n) is 7.15. The van der Waals surface area contributed by atoms with Crippen molar-refractivity contribution in [1.29, 1.82) is 0 Å². The predicted molar refractivity (Wildman–Crippen MR) is 101 cm³/mol. The van der Waals surface area contributed by atoms with Crippen molar-refractivity contribution in [3.8, 4) is 0 Å². The van der Waals surface area contributed by atoms with Gasteiger partial charge < -0.3 is 15.3 Å². The summed E-state index contributed by atoms with van der Waals surface area (Å²) >= 11 is 1.80. The maximum atomic E-state index is 12.1. The molecule has 2 atom stereocenters. The largest absolute Gasteiger partial charge is 0.477 e. The first-order chi connectivity index (χ1) is 12.3. The number of thioether (sulfide) groups is 1. The molecule has 0 saturated heterocycles. The first-order valence-electron chi connectivity index (χ1n) is 9.62. The standard InChI is InChI=1S/C19H32O6S/c1-2-3-4-5-6-12-26-17-10-9-16(21)15(17)13-14(20)8-7-11-19(24,25)18(22)23/h15,17,24-25H,2-13H2,1H3,(H,22,23)/t15-,17-/m0/s1. The summed E-state index contributed by atoms with van der Waals surface area (Å²) < 4.78 is 0. The highest BCUT2D eigenvalue weighted by molar-refractivity contribution is 7.99. The molecule has 1 rings (SSSR count). The van der Waals surface area contributed by atoms with Gasteiger partial charge in [-0.2, -0.15) is 11.8 Å². The zero-order valence-electron chi connectivity index (χ0n) is 15.6. The second-order valence-corrected chi connectivity index (χ2v) is 8.50. The van der Waals surface area contributed by atoms with Crippen LogP contribution in [0.25, 0.3) is 0 Å². The lowest BCUT2D eigenvalue weighted by atomic mass is 9.96. The minimum absolute atomic E-state index is 0.0638. The van der Waals surface area contributed by atoms with Gasteiger partial charge in [0.05, 0.1) is 0 Å². The number of aliphatic carboxylic acids is 1. The molecule has 0 heterocycles. The van der Waals surface area contributed by atoms with E-state index in [0.717, 1.165) is 18.6 Å². The van der Waals surface area contributed by atoms with E-state index >= 15 is 0 Å². The topological polar surface area (TPSA) is 112 Å². The zero-order chi connectivity index (χ0) is 19.6. The highest BCUT2D eigenvalue weighted by Gasteiger charge is 2.36. The number of carboxylic acid groups (broad SMARTS) is 1. The van der Waals surface area contributed by atoms with Gasteiger partial charge in [0, 0.05) is 36.9 Å². The molecular formula is C19H32O6S. The molecule has 0 aromatic rings. The van der Waals surface area contributed by atoms with E-state index in [2.05, 4.69) is 6.92 Å². The van der Waals surface area contributed by atoms with E-state index < -0.39 is 18.2 Å². The van der Waals surface area contributed by atoms with Crippen LogP contribution in [0.5, 0.6) is 0 Å². The molecule has 0 unspecified atom stereocenters. The molecule has 150 valence electrons. The Morgan fingerprint density at radius 2 is 1.85 bits per heavy atom. The van der Waals surface area contributed by atoms with Crippen molar-refractivity contribution in [1.82, 2.24) is 0 Å². The van der Waals surface area contributed by atoms with E-state index in [1.165, 1.54) is 25.7 Å². The van der Waals surface area contributed by atoms with Crippen LogP contribution in [0.2, 0.25) is 0 Å². The molecule has 0 amide bonds. The number of hydrogen-bond donors (Lipinski definition) is 3. The van der Waals surface area contributed by atoms with Gasteiger partial charge in [0.25, 0.3) is 5.79 Å². The third-order valence-corrected chi connectivity index (χ3v) is 6.41. The Labute approximate surface area is 159 Å². The average Bonchev–Trinajstić information content (AvgIpc) is 2.91. The lowest BCUT2D eigenvalue weighted by molar-refractivity contribution is -0.205. The van der Waals surface area contributed by atoms with Crippen molar-refractivity contribution >= 4 is 29.3 Å². The number of ketones is 2. The molecule has 1 fully saturated rings. The molecule has 0 aromatic carbocycles. The fraction of sp³-hybridized carbons (Fsp3) is 0.842. The number of carbonyl (C=O) groups is 3. The van der Waals surface area contributed by atoms with Crippen LogP contribution >= 0.6 is 11.8 Å². The van der Waals surface area contributed by atoms with Gasteiger partial charge in [-0.3, -0.25) is 9.59 Å². The first-order valence-corrected chi connectivity index (χ1v) is 10.7. The zero-order valence-corrected chi connectivity index (χ0v) is 16.4. The summed E-state index contributed by atoms with van der Waals surface area (Å²) in [5.74, 6) is -3.70. The van der Waals surface area contributed by atoms with Gasteiger partial charge in [-0.1, -0.05) is 32.6 Å². The van der Waals surface area contributed by atoms with E-state index in [-0.39, 0.29) is 42.0 Å². The van der Waals surface area contributed by atoms with Gasteiger partial charge in [-0.05, 0) is 25.0 Å². The van der Waals surface area contributed by atoms with E-state index in [0.29, 0.717) is 6.42 Å². The minimum Gasteiger partial charge on any atom is -0.477 e. The summed E-state index contributed by atoms with van der Waals surface area (Å²) in [5, 5.41) is 27.3. The number of rotatable bonds is 14. The Morgan fingerprint density at radius 1 is 1.15 bits per heavy atom. The van der Waals surface area contributed by atoms with Crippen molar-refractivity contribution in [3.63, 3.8) is 0 Å². The Morgan fingerprint density at radius 3 is 2.50 bits per heavy atom. The smallest absolute Gasteiger partial charge is 0.364 e. The molecule has 1 saturated carbocycles. The molecular weight excluding hydrogens is 356 g/mol. The monoisotopic (exact) mass is 388 g/mol. The molecule has 7 heteroatoms. The average molecular weight is 389 g/mol. The van der Waals surface area contributed by atoms with Gasteiger partial charge in [0.15, 0.2) is 0 Å². The maximum absolute atomic E-state index is 12.1. The lowest BCUT2D eigenvalue weighted by Crippen LogP contribution is -2.38. The summed E-state index contributed by atoms with van der Waals surface area (Å²) in [7, 11) is 0. The molecule has 26 heavy (non-hydrogen) atoms. The number of Topliss-reactive ketones (excluding diaryl/α,β-unsaturated/α-hetero) is 2. The fourth-order valence-electron chi connectivity index (χ4n) is 3.25. The van der Waals surface area contributed by atoms with Gasteiger partial charge in [-0.25, -0.2) is 4.79 Å². The van der Waals surface area contributed by atoms with Gasteiger partial charge in [-0.15, -0.1) is 0 Å². The van der Waals surface area contributed by atoms with Crippen molar-refractivity contribution in [3.05, 3.63) is 0 Å². The molecule has 0 aliphatic heterocycles. The van der Waals surface area contributed by atoms with Crippen molar-refractivity contribution in [2.75, 3.05) is 5.75 Å². The Balaban J connectivity index is 2.32. The highest BCUT2D eigenvalue weighted by Crippen LogP contribution is 2.35. The second kappa shape index (κ2) is 11.7. The van der Waals surface area contributed by atoms with Crippen LogP contribution in [-0.2, 0) is 14.4 Å². The van der Waals surface area contributed by atoms with Gasteiger partial charge in [0.1, 0.15) is 11.6 Å². The van der Waals surface area contributed by atoms with Crippen LogP contribution in [0.15, 0.2) is 0 Å². The predicted octanol–water partition coefficient (Wildman–Crippen LogP) is 2.93. The third kappa shape index (κ3) is 8.18. The van der Waals surface area contributed by atoms with Crippen molar-refractivity contribution in [2.24, 2.45) is 5.92 Å². The summed E-state index contributed by atoms with van der Waals surface area (Å²) in [5.41, 5.74) is 0. The minimum atomic E-state index is -2.79. The fourth-order valence-corrected chi connectivity index (χ4v) is 4.69.